The number of nitrogens with one attached hydrogen (secondary N) is 2. The molecule has 6 nitrogen and oxygen atoms in total. The molecule has 2 aromatic carbocycles. The first-order valence-corrected chi connectivity index (χ1v) is 8.57. The molecule has 2 N–H and O–H groups in total. The van der Waals surface area contributed by atoms with Crippen molar-refractivity contribution in [3.8, 4) is 5.75 Å². The summed E-state index contributed by atoms with van der Waals surface area (Å²) in [7, 11) is 0. The maximum atomic E-state index is 13.9. The minimum absolute atomic E-state index is 0.0348. The number of para-hydroxylation sites is 2. The zero-order chi connectivity index (χ0) is 20.1. The summed E-state index contributed by atoms with van der Waals surface area (Å²) < 4.78 is 32.4. The monoisotopic (exact) mass is 384 g/mol. The van der Waals surface area contributed by atoms with Crippen molar-refractivity contribution < 1.29 is 18.3 Å². The lowest BCUT2D eigenvalue weighted by molar-refractivity contribution is 0.102. The van der Waals surface area contributed by atoms with E-state index >= 15 is 0 Å². The fourth-order valence-corrected chi connectivity index (χ4v) is 2.51. The van der Waals surface area contributed by atoms with E-state index in [2.05, 4.69) is 20.6 Å². The highest BCUT2D eigenvalue weighted by atomic mass is 19.1. The highest BCUT2D eigenvalue weighted by Gasteiger charge is 2.14. The van der Waals surface area contributed by atoms with E-state index < -0.39 is 17.5 Å². The number of hydrogen-bond donors (Lipinski definition) is 2. The van der Waals surface area contributed by atoms with E-state index in [1.165, 1.54) is 12.1 Å². The first kappa shape index (κ1) is 19.2. The Bertz CT molecular complexity index is 1010. The second-order valence-electron chi connectivity index (χ2n) is 5.82. The third-order valence-corrected chi connectivity index (χ3v) is 3.70. The molecule has 0 unspecified atom stereocenters. The fraction of sp³-hybridized carbons (Fsp3) is 0.150. The molecule has 1 aromatic heterocycles. The largest absolute Gasteiger partial charge is 0.492 e. The van der Waals surface area contributed by atoms with Crippen molar-refractivity contribution in [1.29, 1.82) is 0 Å². The van der Waals surface area contributed by atoms with Crippen LogP contribution >= 0.6 is 0 Å². The number of aryl methyl sites for hydroxylation is 1. The zero-order valence-corrected chi connectivity index (χ0v) is 15.3. The minimum atomic E-state index is -0.770. The molecule has 0 aliphatic rings. The summed E-state index contributed by atoms with van der Waals surface area (Å²) in [6, 6.07) is 11.5. The maximum absolute atomic E-state index is 13.9. The Labute approximate surface area is 160 Å². The van der Waals surface area contributed by atoms with Gasteiger partial charge in [0.05, 0.1) is 18.0 Å². The number of ether oxygens (including phenoxy) is 1. The number of benzene rings is 2. The van der Waals surface area contributed by atoms with Crippen molar-refractivity contribution in [3.05, 3.63) is 71.7 Å². The maximum Gasteiger partial charge on any atom is 0.274 e. The molecule has 0 saturated heterocycles. The second-order valence-corrected chi connectivity index (χ2v) is 5.82. The van der Waals surface area contributed by atoms with E-state index in [1.807, 2.05) is 6.92 Å². The van der Waals surface area contributed by atoms with Crippen molar-refractivity contribution in [2.75, 3.05) is 17.2 Å². The van der Waals surface area contributed by atoms with Gasteiger partial charge in [-0.1, -0.05) is 12.1 Å². The summed E-state index contributed by atoms with van der Waals surface area (Å²) in [6.07, 6.45) is 0. The number of hydrogen-bond acceptors (Lipinski definition) is 5. The highest BCUT2D eigenvalue weighted by Crippen LogP contribution is 2.25. The quantitative estimate of drug-likeness (QED) is 0.656. The van der Waals surface area contributed by atoms with Crippen LogP contribution in [0.5, 0.6) is 5.75 Å². The van der Waals surface area contributed by atoms with Crippen LogP contribution in [-0.2, 0) is 0 Å². The molecule has 0 spiro atoms. The molecule has 28 heavy (non-hydrogen) atoms. The van der Waals surface area contributed by atoms with Crippen molar-refractivity contribution in [2.24, 2.45) is 0 Å². The molecule has 1 heterocycles. The van der Waals surface area contributed by atoms with Gasteiger partial charge in [-0.2, -0.15) is 0 Å². The van der Waals surface area contributed by atoms with Crippen molar-refractivity contribution >= 4 is 23.1 Å². The van der Waals surface area contributed by atoms with Gasteiger partial charge in [0, 0.05) is 12.1 Å². The van der Waals surface area contributed by atoms with Gasteiger partial charge >= 0.3 is 0 Å². The molecule has 0 bridgehead atoms. The number of aromatic nitrogens is 2. The average molecular weight is 384 g/mol. The number of amides is 1. The predicted octanol–water partition coefficient (Wildman–Crippen LogP) is 4.46. The first-order chi connectivity index (χ1) is 13.5. The fourth-order valence-electron chi connectivity index (χ4n) is 2.51. The molecule has 0 atom stereocenters. The Balaban J connectivity index is 1.84. The number of rotatable bonds is 6. The SMILES string of the molecule is CCOc1ccccc1NC(=O)c1cc(Nc2ccc(F)cc2F)nc(C)n1. The number of carbonyl (C=O) groups is 1. The Kier molecular flexibility index (Phi) is 5.78. The van der Waals surface area contributed by atoms with Crippen LogP contribution in [0.1, 0.15) is 23.2 Å². The van der Waals surface area contributed by atoms with Gasteiger partial charge in [0.1, 0.15) is 34.7 Å². The molecular weight excluding hydrogens is 366 g/mol. The van der Waals surface area contributed by atoms with Crippen molar-refractivity contribution in [2.45, 2.75) is 13.8 Å². The van der Waals surface area contributed by atoms with Crippen LogP contribution in [0.15, 0.2) is 48.5 Å². The summed E-state index contributed by atoms with van der Waals surface area (Å²) in [4.78, 5) is 20.9. The van der Waals surface area contributed by atoms with Gasteiger partial charge in [-0.25, -0.2) is 18.7 Å². The molecule has 8 heteroatoms. The molecule has 3 rings (SSSR count). The number of anilines is 3. The van der Waals surface area contributed by atoms with Crippen LogP contribution in [0, 0.1) is 18.6 Å². The Morgan fingerprint density at radius 3 is 2.61 bits per heavy atom. The Morgan fingerprint density at radius 2 is 1.86 bits per heavy atom. The average Bonchev–Trinajstić information content (AvgIpc) is 2.65. The summed E-state index contributed by atoms with van der Waals surface area (Å²) in [5, 5.41) is 5.48. The van der Waals surface area contributed by atoms with Crippen LogP contribution in [0.4, 0.5) is 26.0 Å². The third kappa shape index (κ3) is 4.59. The molecule has 1 amide bonds. The van der Waals surface area contributed by atoms with E-state index in [4.69, 9.17) is 4.74 Å². The van der Waals surface area contributed by atoms with Gasteiger partial charge in [0.2, 0.25) is 0 Å². The van der Waals surface area contributed by atoms with Gasteiger partial charge in [-0.05, 0) is 38.1 Å². The zero-order valence-electron chi connectivity index (χ0n) is 15.3. The Hall–Kier alpha value is -3.55. The second kappa shape index (κ2) is 8.43. The molecule has 3 aromatic rings. The standard InChI is InChI=1S/C20H18F2N4O2/c1-3-28-18-7-5-4-6-16(18)26-20(27)17-11-19(24-12(2)23-17)25-15-9-8-13(21)10-14(15)22/h4-11H,3H2,1-2H3,(H,26,27)(H,23,24,25). The number of nitrogens with zero attached hydrogens (tertiary/aromatic N) is 2. The van der Waals surface area contributed by atoms with Crippen LogP contribution < -0.4 is 15.4 Å². The molecule has 0 aliphatic heterocycles. The summed E-state index contributed by atoms with van der Waals surface area (Å²) in [6.45, 7) is 3.91. The van der Waals surface area contributed by atoms with Crippen LogP contribution in [0.3, 0.4) is 0 Å². The molecule has 0 radical (unpaired) electrons. The van der Waals surface area contributed by atoms with Crippen molar-refractivity contribution in [3.63, 3.8) is 0 Å². The lowest BCUT2D eigenvalue weighted by atomic mass is 10.2. The van der Waals surface area contributed by atoms with Gasteiger partial charge < -0.3 is 15.4 Å². The van der Waals surface area contributed by atoms with E-state index in [0.29, 0.717) is 23.9 Å². The lowest BCUT2D eigenvalue weighted by Gasteiger charge is -2.12. The normalized spacial score (nSPS) is 10.4. The lowest BCUT2D eigenvalue weighted by Crippen LogP contribution is -2.16. The van der Waals surface area contributed by atoms with E-state index in [-0.39, 0.29) is 17.2 Å². The minimum Gasteiger partial charge on any atom is -0.492 e. The van der Waals surface area contributed by atoms with Crippen LogP contribution in [0.2, 0.25) is 0 Å². The van der Waals surface area contributed by atoms with Crippen LogP contribution in [0.25, 0.3) is 0 Å². The van der Waals surface area contributed by atoms with Gasteiger partial charge in [-0.3, -0.25) is 4.79 Å². The summed E-state index contributed by atoms with van der Waals surface area (Å²) in [5.74, 6) is -0.865. The van der Waals surface area contributed by atoms with Crippen LogP contribution in [-0.4, -0.2) is 22.5 Å². The van der Waals surface area contributed by atoms with E-state index in [1.54, 1.807) is 31.2 Å². The van der Waals surface area contributed by atoms with E-state index in [0.717, 1.165) is 12.1 Å². The number of halogens is 2. The third-order valence-electron chi connectivity index (χ3n) is 3.70. The Morgan fingerprint density at radius 1 is 1.07 bits per heavy atom. The summed E-state index contributed by atoms with van der Waals surface area (Å²) >= 11 is 0. The smallest absolute Gasteiger partial charge is 0.274 e. The van der Waals surface area contributed by atoms with E-state index in [9.17, 15) is 13.6 Å². The predicted molar refractivity (Wildman–Crippen MR) is 102 cm³/mol. The molecule has 0 aliphatic carbocycles. The first-order valence-electron chi connectivity index (χ1n) is 8.57. The molecule has 0 fully saturated rings. The van der Waals surface area contributed by atoms with Gasteiger partial charge in [0.15, 0.2) is 0 Å². The summed E-state index contributed by atoms with van der Waals surface area (Å²) in [5.41, 5.74) is 0.626. The van der Waals surface area contributed by atoms with Gasteiger partial charge in [-0.15, -0.1) is 0 Å². The van der Waals surface area contributed by atoms with Gasteiger partial charge in [0.25, 0.3) is 5.91 Å². The molecular formula is C20H18F2N4O2. The molecule has 144 valence electrons. The topological polar surface area (TPSA) is 76.1 Å². The molecule has 0 saturated carbocycles. The number of carbonyl (C=O) groups excluding carboxylic acids is 1. The highest BCUT2D eigenvalue weighted by molar-refractivity contribution is 6.04. The van der Waals surface area contributed by atoms with Crippen molar-refractivity contribution in [1.82, 2.24) is 9.97 Å².